The van der Waals surface area contributed by atoms with Gasteiger partial charge in [-0.25, -0.2) is 24.7 Å². The lowest BCUT2D eigenvalue weighted by molar-refractivity contribution is 0.0690. The van der Waals surface area contributed by atoms with Gasteiger partial charge in [0.05, 0.1) is 13.2 Å². The molecule has 0 radical (unpaired) electrons. The summed E-state index contributed by atoms with van der Waals surface area (Å²) in [5.41, 5.74) is 10.4. The first kappa shape index (κ1) is 48.4. The number of aromatic nitrogens is 8. The van der Waals surface area contributed by atoms with Gasteiger partial charge in [0.1, 0.15) is 30.0 Å². The number of carbonyl (C=O) groups is 2. The molecule has 1 amide bonds. The van der Waals surface area contributed by atoms with Crippen LogP contribution in [0.4, 0.5) is 11.9 Å². The molecule has 65 heavy (non-hydrogen) atoms. The molecule has 6 aromatic rings. The minimum absolute atomic E-state index is 0.0167. The van der Waals surface area contributed by atoms with E-state index in [0.29, 0.717) is 51.7 Å². The summed E-state index contributed by atoms with van der Waals surface area (Å²) in [5.74, 6) is 0.932. The van der Waals surface area contributed by atoms with Crippen LogP contribution in [0, 0.1) is 13.8 Å². The van der Waals surface area contributed by atoms with Gasteiger partial charge in [0, 0.05) is 109 Å². The van der Waals surface area contributed by atoms with E-state index in [1.807, 2.05) is 32.0 Å². The summed E-state index contributed by atoms with van der Waals surface area (Å²) in [5, 5.41) is 37.9. The Morgan fingerprint density at radius 1 is 0.723 bits per heavy atom. The minimum Gasteiger partial charge on any atom is -0.476 e. The number of carboxylic acids is 1. The smallest absolute Gasteiger partial charge is 0.356 e. The average molecular weight is 932 g/mol. The fourth-order valence-corrected chi connectivity index (χ4v) is 7.37. The number of hydrogen-bond acceptors (Lipinski definition) is 15. The summed E-state index contributed by atoms with van der Waals surface area (Å²) in [7, 11) is 0. The Balaban J connectivity index is 0.000000182. The third-order valence-corrected chi connectivity index (χ3v) is 11.2. The number of ether oxygens (including phenoxy) is 2. The molecule has 0 saturated carbocycles. The van der Waals surface area contributed by atoms with Crippen molar-refractivity contribution in [1.29, 1.82) is 0 Å². The minimum atomic E-state index is -1.06. The monoisotopic (exact) mass is 930 g/mol. The number of aromatic carboxylic acids is 1. The molecule has 2 aliphatic heterocycles. The lowest BCUT2D eigenvalue weighted by Gasteiger charge is -2.23. The number of carbonyl (C=O) groups excluding carboxylic acids is 1. The number of nitrogens with zero attached hydrogens (tertiary/aromatic N) is 8. The van der Waals surface area contributed by atoms with E-state index in [2.05, 4.69) is 45.9 Å². The fraction of sp³-hybridized carbons (Fsp3) is 0.364. The number of aliphatic hydroxyl groups is 2. The number of imidazole rings is 2. The molecule has 0 unspecified atom stereocenters. The van der Waals surface area contributed by atoms with E-state index >= 15 is 0 Å². The molecule has 0 bridgehead atoms. The van der Waals surface area contributed by atoms with Gasteiger partial charge in [0.2, 0.25) is 11.9 Å². The number of hydrogen-bond donors (Lipinski definition) is 7. The van der Waals surface area contributed by atoms with Crippen LogP contribution in [-0.2, 0) is 35.8 Å². The van der Waals surface area contributed by atoms with Crippen LogP contribution in [0.25, 0.3) is 11.6 Å². The molecule has 0 atom stereocenters. The van der Waals surface area contributed by atoms with Crippen LogP contribution in [0.5, 0.6) is 0 Å². The molecular weight excluding hydrogens is 879 g/mol. The van der Waals surface area contributed by atoms with Crippen LogP contribution in [0.2, 0.25) is 10.0 Å². The summed E-state index contributed by atoms with van der Waals surface area (Å²) in [6.07, 6.45) is 13.2. The first-order chi connectivity index (χ1) is 31.5. The molecule has 0 spiro atoms. The Morgan fingerprint density at radius 3 is 1.63 bits per heavy atom. The molecule has 2 fully saturated rings. The molecule has 21 heteroatoms. The first-order valence-corrected chi connectivity index (χ1v) is 21.6. The molecule has 344 valence electrons. The van der Waals surface area contributed by atoms with E-state index in [-0.39, 0.29) is 43.1 Å². The van der Waals surface area contributed by atoms with Gasteiger partial charge in [0.15, 0.2) is 5.69 Å². The maximum atomic E-state index is 12.6. The van der Waals surface area contributed by atoms with Crippen molar-refractivity contribution in [3.63, 3.8) is 0 Å². The zero-order valence-electron chi connectivity index (χ0n) is 36.0. The van der Waals surface area contributed by atoms with E-state index < -0.39 is 5.97 Å². The van der Waals surface area contributed by atoms with Gasteiger partial charge < -0.3 is 46.5 Å². The summed E-state index contributed by atoms with van der Waals surface area (Å²) < 4.78 is 14.0. The number of rotatable bonds is 13. The fourth-order valence-electron chi connectivity index (χ4n) is 6.87. The van der Waals surface area contributed by atoms with Gasteiger partial charge in [-0.1, -0.05) is 47.5 Å². The SMILES string of the molecule is Cc1cnc(NC2CCOCC2)nc1-n1cnc(C(=O)NCc2cccc(Cl)c2CO)c1.Cc1cnc(NC2CCOCC2)nc1-n1cnc(C(=O)O)c1.NCc1cccc(Cl)c1CO. The number of amides is 1. The van der Waals surface area contributed by atoms with Crippen LogP contribution in [0.1, 0.15) is 80.0 Å². The molecule has 0 aliphatic carbocycles. The highest BCUT2D eigenvalue weighted by atomic mass is 35.5. The Morgan fingerprint density at radius 2 is 1.18 bits per heavy atom. The van der Waals surface area contributed by atoms with E-state index in [0.717, 1.165) is 79.9 Å². The van der Waals surface area contributed by atoms with Crippen LogP contribution in [0.3, 0.4) is 0 Å². The molecule has 4 aromatic heterocycles. The number of anilines is 2. The molecule has 8 rings (SSSR count). The average Bonchev–Trinajstić information content (AvgIpc) is 4.03. The van der Waals surface area contributed by atoms with E-state index in [1.165, 1.54) is 12.5 Å². The number of carboxylic acid groups (broad SMARTS) is 1. The van der Waals surface area contributed by atoms with Crippen molar-refractivity contribution in [3.8, 4) is 11.6 Å². The van der Waals surface area contributed by atoms with Crippen LogP contribution in [-0.4, -0.2) is 105 Å². The summed E-state index contributed by atoms with van der Waals surface area (Å²) in [6.45, 7) is 7.10. The first-order valence-electron chi connectivity index (χ1n) is 20.9. The summed E-state index contributed by atoms with van der Waals surface area (Å²) >= 11 is 11.9. The Kier molecular flexibility index (Phi) is 17.7. The van der Waals surface area contributed by atoms with Crippen molar-refractivity contribution in [2.45, 2.75) is 77.9 Å². The van der Waals surface area contributed by atoms with Gasteiger partial charge in [0.25, 0.3) is 5.91 Å². The van der Waals surface area contributed by atoms with Crippen molar-refractivity contribution in [1.82, 2.24) is 44.4 Å². The van der Waals surface area contributed by atoms with Crippen LogP contribution < -0.4 is 21.7 Å². The largest absolute Gasteiger partial charge is 0.476 e. The molecule has 19 nitrogen and oxygen atoms in total. The van der Waals surface area contributed by atoms with Gasteiger partial charge in [-0.3, -0.25) is 13.9 Å². The maximum absolute atomic E-state index is 12.6. The van der Waals surface area contributed by atoms with Crippen molar-refractivity contribution in [3.05, 3.63) is 129 Å². The van der Waals surface area contributed by atoms with Crippen molar-refractivity contribution >= 4 is 47.0 Å². The number of nitrogens with one attached hydrogen (secondary N) is 3. The maximum Gasteiger partial charge on any atom is 0.356 e. The normalized spacial score (nSPS) is 14.1. The van der Waals surface area contributed by atoms with Crippen LogP contribution in [0.15, 0.2) is 73.8 Å². The van der Waals surface area contributed by atoms with E-state index in [1.54, 1.807) is 52.3 Å². The van der Waals surface area contributed by atoms with E-state index in [9.17, 15) is 14.7 Å². The lowest BCUT2D eigenvalue weighted by atomic mass is 10.1. The Bertz CT molecular complexity index is 2530. The number of benzene rings is 2. The summed E-state index contributed by atoms with van der Waals surface area (Å²) in [6, 6.07) is 11.3. The second-order valence-corrected chi connectivity index (χ2v) is 15.9. The highest BCUT2D eigenvalue weighted by molar-refractivity contribution is 6.31. The van der Waals surface area contributed by atoms with Gasteiger partial charge in [-0.2, -0.15) is 9.97 Å². The number of aryl methyl sites for hydroxylation is 2. The molecule has 2 aromatic carbocycles. The van der Waals surface area contributed by atoms with Gasteiger partial charge in [-0.05, 0) is 62.8 Å². The summed E-state index contributed by atoms with van der Waals surface area (Å²) in [4.78, 5) is 49.4. The highest BCUT2D eigenvalue weighted by Crippen LogP contribution is 2.22. The number of nitrogens with two attached hydrogens (primary N) is 1. The van der Waals surface area contributed by atoms with Gasteiger partial charge >= 0.3 is 5.97 Å². The molecule has 6 heterocycles. The zero-order valence-corrected chi connectivity index (χ0v) is 37.5. The number of aliphatic hydroxyl groups excluding tert-OH is 2. The third kappa shape index (κ3) is 13.3. The topological polar surface area (TPSA) is 263 Å². The predicted octanol–water partition coefficient (Wildman–Crippen LogP) is 5.19. The molecule has 8 N–H and O–H groups in total. The Hall–Kier alpha value is -6.06. The standard InChI is InChI=1S/C22H25ClN6O3.C14H17N5O3.C8H10ClNO/c1-14-9-25-22(27-16-5-7-32-8-6-16)28-20(14)29-11-19(26-13-29)21(31)24-10-15-3-2-4-18(23)17(15)12-30;1-9-6-15-14(17-10-2-4-22-5-3-10)18-12(9)19-7-11(13(20)21)16-8-19;9-8-3-1-2-6(4-10)7(8)5-11/h2-4,9,11,13,16,30H,5-8,10,12H2,1H3,(H,24,31)(H,25,27,28);6-8,10H,2-5H2,1H3,(H,20,21)(H,15,17,18);1-3,11H,4-5,10H2. The highest BCUT2D eigenvalue weighted by Gasteiger charge is 2.19. The van der Waals surface area contributed by atoms with Crippen LogP contribution >= 0.6 is 23.2 Å². The van der Waals surface area contributed by atoms with Crippen molar-refractivity contribution in [2.75, 3.05) is 37.1 Å². The lowest BCUT2D eigenvalue weighted by Crippen LogP contribution is -2.28. The van der Waals surface area contributed by atoms with Gasteiger partial charge in [-0.15, -0.1) is 0 Å². The van der Waals surface area contributed by atoms with Crippen molar-refractivity contribution < 1.29 is 34.4 Å². The van der Waals surface area contributed by atoms with E-state index in [4.69, 9.17) is 48.6 Å². The predicted molar refractivity (Wildman–Crippen MR) is 243 cm³/mol. The quantitative estimate of drug-likeness (QED) is 0.0786. The molecular formula is C44H52Cl2N12O7. The number of halogens is 2. The van der Waals surface area contributed by atoms with Crippen molar-refractivity contribution in [2.24, 2.45) is 5.73 Å². The molecule has 2 saturated heterocycles. The second-order valence-electron chi connectivity index (χ2n) is 15.1. The third-order valence-electron chi connectivity index (χ3n) is 10.5. The second kappa shape index (κ2) is 23.7. The molecule has 2 aliphatic rings. The zero-order chi connectivity index (χ0) is 46.3. The Labute approximate surface area is 385 Å².